The van der Waals surface area contributed by atoms with Crippen LogP contribution in [0.1, 0.15) is 0 Å². The number of aryl methyl sites for hydroxylation is 1. The first-order chi connectivity index (χ1) is 7.15. The van der Waals surface area contributed by atoms with Crippen molar-refractivity contribution in [1.29, 1.82) is 0 Å². The highest BCUT2D eigenvalue weighted by atomic mass is 79.9. The first-order valence-electron chi connectivity index (χ1n) is 4.09. The quantitative estimate of drug-likeness (QED) is 0.890. The van der Waals surface area contributed by atoms with Crippen LogP contribution in [-0.4, -0.2) is 19.7 Å². The van der Waals surface area contributed by atoms with Gasteiger partial charge in [-0.15, -0.1) is 0 Å². The maximum Gasteiger partial charge on any atom is 0.263 e. The Bertz CT molecular complexity index is 484. The van der Waals surface area contributed by atoms with Crippen LogP contribution in [0, 0.1) is 0 Å². The first kappa shape index (κ1) is 9.91. The van der Waals surface area contributed by atoms with E-state index in [0.29, 0.717) is 10.4 Å². The smallest absolute Gasteiger partial charge is 0.263 e. The summed E-state index contributed by atoms with van der Waals surface area (Å²) in [5, 5.41) is 3.96. The average molecular weight is 270 g/mol. The molecule has 6 nitrogen and oxygen atoms in total. The van der Waals surface area contributed by atoms with Crippen molar-refractivity contribution in [1.82, 2.24) is 19.7 Å². The lowest BCUT2D eigenvalue weighted by Gasteiger charge is -2.03. The van der Waals surface area contributed by atoms with Gasteiger partial charge in [0.15, 0.2) is 11.6 Å². The number of nitrogens with two attached hydrogens (primary N) is 1. The number of hydrogen-bond donors (Lipinski definition) is 1. The number of nitrogen functional groups attached to an aromatic ring is 1. The van der Waals surface area contributed by atoms with Crippen molar-refractivity contribution in [3.05, 3.63) is 23.2 Å². The highest BCUT2D eigenvalue weighted by Gasteiger charge is 2.07. The normalized spacial score (nSPS) is 10.3. The van der Waals surface area contributed by atoms with Crippen LogP contribution in [0.4, 0.5) is 5.82 Å². The number of aromatic nitrogens is 4. The third-order valence-electron chi connectivity index (χ3n) is 1.63. The molecule has 0 aliphatic rings. The minimum absolute atomic E-state index is 0.238. The molecule has 7 heteroatoms. The summed E-state index contributed by atoms with van der Waals surface area (Å²) in [6, 6.07) is 0. The van der Waals surface area contributed by atoms with E-state index in [-0.39, 0.29) is 11.7 Å². The Balaban J connectivity index is 2.27. The Labute approximate surface area is 94.2 Å². The second-order valence-electron chi connectivity index (χ2n) is 2.83. The SMILES string of the molecule is Cn1cc(Oc2nc(Br)cnc2N)cn1. The van der Waals surface area contributed by atoms with Crippen LogP contribution < -0.4 is 10.5 Å². The van der Waals surface area contributed by atoms with E-state index in [1.807, 2.05) is 0 Å². The largest absolute Gasteiger partial charge is 0.433 e. The third kappa shape index (κ3) is 2.24. The summed E-state index contributed by atoms with van der Waals surface area (Å²) in [5.74, 6) is 1.07. The fourth-order valence-electron chi connectivity index (χ4n) is 0.999. The molecule has 0 radical (unpaired) electrons. The molecule has 0 aliphatic carbocycles. The van der Waals surface area contributed by atoms with Gasteiger partial charge < -0.3 is 10.5 Å². The molecule has 0 amide bonds. The molecule has 2 aromatic rings. The zero-order valence-electron chi connectivity index (χ0n) is 7.88. The third-order valence-corrected chi connectivity index (χ3v) is 2.02. The second kappa shape index (κ2) is 3.85. The molecule has 0 aromatic carbocycles. The number of hydrogen-bond acceptors (Lipinski definition) is 5. The van der Waals surface area contributed by atoms with Gasteiger partial charge in [0, 0.05) is 7.05 Å². The van der Waals surface area contributed by atoms with Crippen LogP contribution in [0.3, 0.4) is 0 Å². The molecule has 2 aromatic heterocycles. The molecule has 2 heterocycles. The number of ether oxygens (including phenoxy) is 1. The summed E-state index contributed by atoms with van der Waals surface area (Å²) >= 11 is 3.18. The van der Waals surface area contributed by atoms with Gasteiger partial charge in [-0.25, -0.2) is 9.97 Å². The standard InChI is InChI=1S/C8H8BrN5O/c1-14-4-5(2-12-14)15-8-7(10)11-3-6(9)13-8/h2-4H,1H3,(H2,10,11). The second-order valence-corrected chi connectivity index (χ2v) is 3.65. The zero-order chi connectivity index (χ0) is 10.8. The predicted octanol–water partition coefficient (Wildman–Crippen LogP) is 1.35. The van der Waals surface area contributed by atoms with Crippen LogP contribution in [-0.2, 0) is 7.05 Å². The molecule has 0 atom stereocenters. The van der Waals surface area contributed by atoms with Crippen molar-refractivity contribution < 1.29 is 4.74 Å². The maximum absolute atomic E-state index is 5.60. The number of halogens is 1. The van der Waals surface area contributed by atoms with E-state index in [2.05, 4.69) is 31.0 Å². The lowest BCUT2D eigenvalue weighted by molar-refractivity contribution is 0.461. The molecular formula is C8H8BrN5O. The lowest BCUT2D eigenvalue weighted by atomic mass is 10.6. The molecule has 0 bridgehead atoms. The first-order valence-corrected chi connectivity index (χ1v) is 4.89. The summed E-state index contributed by atoms with van der Waals surface area (Å²) in [5.41, 5.74) is 5.60. The van der Waals surface area contributed by atoms with Gasteiger partial charge in [0.2, 0.25) is 0 Å². The van der Waals surface area contributed by atoms with Gasteiger partial charge in [-0.05, 0) is 15.9 Å². The van der Waals surface area contributed by atoms with Crippen molar-refractivity contribution in [2.24, 2.45) is 7.05 Å². The van der Waals surface area contributed by atoms with Crippen LogP contribution in [0.15, 0.2) is 23.2 Å². The van der Waals surface area contributed by atoms with Crippen LogP contribution >= 0.6 is 15.9 Å². The number of nitrogens with zero attached hydrogens (tertiary/aromatic N) is 4. The highest BCUT2D eigenvalue weighted by molar-refractivity contribution is 9.10. The van der Waals surface area contributed by atoms with Crippen LogP contribution in [0.25, 0.3) is 0 Å². The van der Waals surface area contributed by atoms with Gasteiger partial charge in [0.1, 0.15) is 4.60 Å². The molecule has 0 saturated heterocycles. The Morgan fingerprint density at radius 1 is 1.47 bits per heavy atom. The summed E-state index contributed by atoms with van der Waals surface area (Å²) < 4.78 is 7.59. The molecule has 0 fully saturated rings. The minimum Gasteiger partial charge on any atom is -0.433 e. The van der Waals surface area contributed by atoms with Gasteiger partial charge >= 0.3 is 0 Å². The highest BCUT2D eigenvalue weighted by Crippen LogP contribution is 2.24. The molecule has 78 valence electrons. The Hall–Kier alpha value is -1.63. The van der Waals surface area contributed by atoms with Gasteiger partial charge in [-0.1, -0.05) is 0 Å². The molecule has 0 unspecified atom stereocenters. The fraction of sp³-hybridized carbons (Fsp3) is 0.125. The van der Waals surface area contributed by atoms with E-state index < -0.39 is 0 Å². The van der Waals surface area contributed by atoms with Gasteiger partial charge in [-0.2, -0.15) is 5.10 Å². The minimum atomic E-state index is 0.238. The summed E-state index contributed by atoms with van der Waals surface area (Å²) in [6.07, 6.45) is 4.79. The van der Waals surface area contributed by atoms with Gasteiger partial charge in [-0.3, -0.25) is 4.68 Å². The van der Waals surface area contributed by atoms with Crippen LogP contribution in [0.5, 0.6) is 11.6 Å². The van der Waals surface area contributed by atoms with Crippen molar-refractivity contribution in [2.75, 3.05) is 5.73 Å². The van der Waals surface area contributed by atoms with E-state index in [0.717, 1.165) is 0 Å². The topological polar surface area (TPSA) is 78.8 Å². The van der Waals surface area contributed by atoms with E-state index in [4.69, 9.17) is 10.5 Å². The predicted molar refractivity (Wildman–Crippen MR) is 57.4 cm³/mol. The maximum atomic E-state index is 5.60. The van der Waals surface area contributed by atoms with E-state index >= 15 is 0 Å². The average Bonchev–Trinajstić information content (AvgIpc) is 2.58. The fourth-order valence-corrected chi connectivity index (χ4v) is 1.26. The van der Waals surface area contributed by atoms with Crippen molar-refractivity contribution >= 4 is 21.7 Å². The van der Waals surface area contributed by atoms with Gasteiger partial charge in [0.25, 0.3) is 5.88 Å². The number of anilines is 1. The molecule has 15 heavy (non-hydrogen) atoms. The van der Waals surface area contributed by atoms with Gasteiger partial charge in [0.05, 0.1) is 18.6 Å². The molecular weight excluding hydrogens is 262 g/mol. The zero-order valence-corrected chi connectivity index (χ0v) is 9.47. The summed E-state index contributed by atoms with van der Waals surface area (Å²) in [4.78, 5) is 7.94. The Morgan fingerprint density at radius 2 is 2.27 bits per heavy atom. The molecule has 0 spiro atoms. The van der Waals surface area contributed by atoms with Crippen molar-refractivity contribution in [3.8, 4) is 11.6 Å². The summed E-state index contributed by atoms with van der Waals surface area (Å²) in [7, 11) is 1.79. The van der Waals surface area contributed by atoms with E-state index in [1.165, 1.54) is 6.20 Å². The summed E-state index contributed by atoms with van der Waals surface area (Å²) in [6.45, 7) is 0. The van der Waals surface area contributed by atoms with E-state index in [9.17, 15) is 0 Å². The Morgan fingerprint density at radius 3 is 2.93 bits per heavy atom. The molecule has 0 aliphatic heterocycles. The molecule has 2 N–H and O–H groups in total. The number of rotatable bonds is 2. The van der Waals surface area contributed by atoms with Crippen molar-refractivity contribution in [3.63, 3.8) is 0 Å². The van der Waals surface area contributed by atoms with Crippen LogP contribution in [0.2, 0.25) is 0 Å². The monoisotopic (exact) mass is 269 g/mol. The lowest BCUT2D eigenvalue weighted by Crippen LogP contribution is -1.97. The van der Waals surface area contributed by atoms with Crippen molar-refractivity contribution in [2.45, 2.75) is 0 Å². The molecule has 0 saturated carbocycles. The molecule has 2 rings (SSSR count). The van der Waals surface area contributed by atoms with E-state index in [1.54, 1.807) is 24.1 Å². The Kier molecular flexibility index (Phi) is 2.55.